The Morgan fingerprint density at radius 1 is 1.08 bits per heavy atom. The number of nitrogens with two attached hydrogens (primary N) is 1. The Morgan fingerprint density at radius 3 is 2.40 bits per heavy atom. The lowest BCUT2D eigenvalue weighted by atomic mass is 10.0. The Kier molecular flexibility index (Phi) is 5.43. The van der Waals surface area contributed by atoms with Gasteiger partial charge in [0.1, 0.15) is 17.7 Å². The first-order valence-corrected chi connectivity index (χ1v) is 8.70. The van der Waals surface area contributed by atoms with Gasteiger partial charge in [0.05, 0.1) is 0 Å². The number of hydrogen-bond acceptors (Lipinski definition) is 1. The van der Waals surface area contributed by atoms with Gasteiger partial charge in [-0.25, -0.2) is 8.78 Å². The minimum absolute atomic E-state index is 0.0538. The van der Waals surface area contributed by atoms with Gasteiger partial charge in [-0.15, -0.1) is 0 Å². The van der Waals surface area contributed by atoms with Gasteiger partial charge in [0.2, 0.25) is 0 Å². The molecule has 3 nitrogen and oxygen atoms in total. The zero-order valence-corrected chi connectivity index (χ0v) is 14.3. The molecule has 0 saturated carbocycles. The monoisotopic (exact) mass is 345 g/mol. The van der Waals surface area contributed by atoms with Crippen LogP contribution in [0.25, 0.3) is 0 Å². The molecule has 2 atom stereocenters. The van der Waals surface area contributed by atoms with E-state index in [1.165, 1.54) is 12.1 Å². The molecular formula is C20H23F2N2O+. The Bertz CT molecular complexity index is 730. The van der Waals surface area contributed by atoms with E-state index in [2.05, 4.69) is 0 Å². The van der Waals surface area contributed by atoms with Gasteiger partial charge in [-0.3, -0.25) is 4.79 Å². The van der Waals surface area contributed by atoms with Gasteiger partial charge in [0.15, 0.2) is 6.04 Å². The quantitative estimate of drug-likeness (QED) is 0.889. The zero-order valence-electron chi connectivity index (χ0n) is 14.3. The molecule has 1 saturated heterocycles. The van der Waals surface area contributed by atoms with E-state index >= 15 is 0 Å². The van der Waals surface area contributed by atoms with Crippen LogP contribution in [0, 0.1) is 11.6 Å². The van der Waals surface area contributed by atoms with Crippen LogP contribution in [0.3, 0.4) is 0 Å². The Balaban J connectivity index is 1.85. The average Bonchev–Trinajstić information content (AvgIpc) is 3.14. The summed E-state index contributed by atoms with van der Waals surface area (Å²) in [5.41, 5.74) is 1.30. The molecule has 2 N–H and O–H groups in total. The summed E-state index contributed by atoms with van der Waals surface area (Å²) in [4.78, 5) is 14.9. The maximum Gasteiger partial charge on any atom is 0.285 e. The maximum atomic E-state index is 14.1. The van der Waals surface area contributed by atoms with Crippen molar-refractivity contribution < 1.29 is 18.9 Å². The number of quaternary nitrogens is 1. The number of carbonyl (C=O) groups excluding carboxylic acids is 1. The smallest absolute Gasteiger partial charge is 0.285 e. The first kappa shape index (κ1) is 17.5. The third-order valence-corrected chi connectivity index (χ3v) is 4.78. The summed E-state index contributed by atoms with van der Waals surface area (Å²) in [6.07, 6.45) is 2.05. The van der Waals surface area contributed by atoms with E-state index in [1.807, 2.05) is 47.5 Å². The van der Waals surface area contributed by atoms with Gasteiger partial charge in [0.25, 0.3) is 5.91 Å². The van der Waals surface area contributed by atoms with Crippen molar-refractivity contribution in [2.24, 2.45) is 0 Å². The molecule has 1 heterocycles. The van der Waals surface area contributed by atoms with Crippen LogP contribution in [0.15, 0.2) is 48.5 Å². The highest BCUT2D eigenvalue weighted by molar-refractivity contribution is 5.82. The molecule has 25 heavy (non-hydrogen) atoms. The van der Waals surface area contributed by atoms with Crippen LogP contribution in [0.5, 0.6) is 0 Å². The van der Waals surface area contributed by atoms with Crippen molar-refractivity contribution >= 4 is 5.91 Å². The third-order valence-electron chi connectivity index (χ3n) is 4.78. The minimum atomic E-state index is -0.596. The van der Waals surface area contributed by atoms with Crippen LogP contribution in [0.4, 0.5) is 8.78 Å². The molecule has 1 aliphatic rings. The number of amides is 1. The van der Waals surface area contributed by atoms with E-state index in [0.29, 0.717) is 5.56 Å². The summed E-state index contributed by atoms with van der Waals surface area (Å²) < 4.78 is 27.3. The number of rotatable bonds is 5. The van der Waals surface area contributed by atoms with Crippen LogP contribution in [-0.2, 0) is 4.79 Å². The standard InChI is InChI=1S/C20H22F2N2O/c1-14(17-10-9-16(21)13-18(17)22)23-19(15-7-3-2-4-8-15)20(25)24-11-5-6-12-24/h2-4,7-10,13-14,19,23H,5-6,11-12H2,1H3/p+1/t14-,19+/m0/s1. The van der Waals surface area contributed by atoms with Gasteiger partial charge < -0.3 is 10.2 Å². The Hall–Kier alpha value is -2.27. The lowest BCUT2D eigenvalue weighted by Crippen LogP contribution is -2.88. The van der Waals surface area contributed by atoms with E-state index in [1.54, 1.807) is 0 Å². The SMILES string of the molecule is C[C@H]([NH2+][C@@H](C(=O)N1CCCC1)c1ccccc1)c1ccc(F)cc1F. The van der Waals surface area contributed by atoms with Crippen LogP contribution >= 0.6 is 0 Å². The highest BCUT2D eigenvalue weighted by Crippen LogP contribution is 2.20. The fourth-order valence-corrected chi connectivity index (χ4v) is 3.39. The van der Waals surface area contributed by atoms with Crippen molar-refractivity contribution in [3.63, 3.8) is 0 Å². The normalized spacial score (nSPS) is 16.7. The van der Waals surface area contributed by atoms with Crippen molar-refractivity contribution in [2.45, 2.75) is 31.8 Å². The van der Waals surface area contributed by atoms with E-state index in [9.17, 15) is 13.6 Å². The molecule has 0 unspecified atom stereocenters. The number of likely N-dealkylation sites (tertiary alicyclic amines) is 1. The van der Waals surface area contributed by atoms with Gasteiger partial charge in [-0.05, 0) is 31.9 Å². The van der Waals surface area contributed by atoms with Crippen LogP contribution in [0.2, 0.25) is 0 Å². The first-order chi connectivity index (χ1) is 12.1. The van der Waals surface area contributed by atoms with Crippen LogP contribution in [0.1, 0.15) is 43.0 Å². The van der Waals surface area contributed by atoms with Gasteiger partial charge in [-0.1, -0.05) is 30.3 Å². The molecule has 1 aliphatic heterocycles. The molecule has 1 amide bonds. The summed E-state index contributed by atoms with van der Waals surface area (Å²) in [7, 11) is 0. The van der Waals surface area contributed by atoms with Crippen molar-refractivity contribution in [2.75, 3.05) is 13.1 Å². The minimum Gasteiger partial charge on any atom is -0.337 e. The van der Waals surface area contributed by atoms with E-state index < -0.39 is 17.7 Å². The van der Waals surface area contributed by atoms with Crippen molar-refractivity contribution in [1.82, 2.24) is 4.90 Å². The molecule has 132 valence electrons. The molecule has 2 aromatic rings. The molecular weight excluding hydrogens is 322 g/mol. The highest BCUT2D eigenvalue weighted by atomic mass is 19.1. The number of carbonyl (C=O) groups is 1. The predicted molar refractivity (Wildman–Crippen MR) is 91.7 cm³/mol. The average molecular weight is 345 g/mol. The summed E-state index contributed by atoms with van der Waals surface area (Å²) in [5, 5.41) is 1.87. The number of hydrogen-bond donors (Lipinski definition) is 1. The molecule has 0 radical (unpaired) electrons. The van der Waals surface area contributed by atoms with Crippen molar-refractivity contribution in [3.05, 3.63) is 71.3 Å². The largest absolute Gasteiger partial charge is 0.337 e. The Labute approximate surface area is 146 Å². The van der Waals surface area contributed by atoms with Crippen molar-refractivity contribution in [1.29, 1.82) is 0 Å². The van der Waals surface area contributed by atoms with Gasteiger partial charge in [-0.2, -0.15) is 0 Å². The van der Waals surface area contributed by atoms with Crippen molar-refractivity contribution in [3.8, 4) is 0 Å². The number of nitrogens with zero attached hydrogens (tertiary/aromatic N) is 1. The lowest BCUT2D eigenvalue weighted by Gasteiger charge is -2.24. The summed E-state index contributed by atoms with van der Waals surface area (Å²) >= 11 is 0. The molecule has 5 heteroatoms. The topological polar surface area (TPSA) is 36.9 Å². The van der Waals surface area contributed by atoms with E-state index in [-0.39, 0.29) is 11.9 Å². The summed E-state index contributed by atoms with van der Waals surface area (Å²) in [5.74, 6) is -1.12. The third kappa shape index (κ3) is 4.04. The zero-order chi connectivity index (χ0) is 17.8. The summed E-state index contributed by atoms with van der Waals surface area (Å²) in [6, 6.07) is 12.4. The summed E-state index contributed by atoms with van der Waals surface area (Å²) in [6.45, 7) is 3.38. The first-order valence-electron chi connectivity index (χ1n) is 8.70. The fourth-order valence-electron chi connectivity index (χ4n) is 3.39. The van der Waals surface area contributed by atoms with Crippen LogP contribution < -0.4 is 5.32 Å². The second-order valence-electron chi connectivity index (χ2n) is 6.57. The van der Waals surface area contributed by atoms with E-state index in [4.69, 9.17) is 0 Å². The predicted octanol–water partition coefficient (Wildman–Crippen LogP) is 2.95. The Morgan fingerprint density at radius 2 is 1.76 bits per heavy atom. The highest BCUT2D eigenvalue weighted by Gasteiger charge is 2.32. The second kappa shape index (κ2) is 7.74. The molecule has 0 bridgehead atoms. The molecule has 2 aromatic carbocycles. The molecule has 0 spiro atoms. The molecule has 3 rings (SSSR count). The maximum absolute atomic E-state index is 14.1. The van der Waals surface area contributed by atoms with Crippen LogP contribution in [-0.4, -0.2) is 23.9 Å². The lowest BCUT2D eigenvalue weighted by molar-refractivity contribution is -0.720. The molecule has 1 fully saturated rings. The molecule has 0 aliphatic carbocycles. The molecule has 0 aromatic heterocycles. The van der Waals surface area contributed by atoms with Gasteiger partial charge >= 0.3 is 0 Å². The number of benzene rings is 2. The number of halogens is 2. The fraction of sp³-hybridized carbons (Fsp3) is 0.350. The van der Waals surface area contributed by atoms with E-state index in [0.717, 1.165) is 37.6 Å². The second-order valence-corrected chi connectivity index (χ2v) is 6.57. The van der Waals surface area contributed by atoms with Gasteiger partial charge in [0, 0.05) is 30.3 Å².